The summed E-state index contributed by atoms with van der Waals surface area (Å²) in [6, 6.07) is 1.98. The van der Waals surface area contributed by atoms with Crippen molar-refractivity contribution < 1.29 is 4.74 Å². The number of hydrogen-bond donors (Lipinski definition) is 0. The van der Waals surface area contributed by atoms with Crippen LogP contribution in [0.3, 0.4) is 0 Å². The molecule has 3 heteroatoms. The fourth-order valence-corrected chi connectivity index (χ4v) is 2.17. The van der Waals surface area contributed by atoms with Gasteiger partial charge in [-0.15, -0.1) is 0 Å². The minimum absolute atomic E-state index is 0.602. The van der Waals surface area contributed by atoms with Gasteiger partial charge in [-0.1, -0.05) is 0 Å². The van der Waals surface area contributed by atoms with Crippen molar-refractivity contribution in [3.63, 3.8) is 0 Å². The Morgan fingerprint density at radius 3 is 2.92 bits per heavy atom. The van der Waals surface area contributed by atoms with Crippen LogP contribution in [-0.4, -0.2) is 22.0 Å². The maximum absolute atomic E-state index is 5.37. The lowest BCUT2D eigenvalue weighted by molar-refractivity contribution is 0.253. The van der Waals surface area contributed by atoms with Crippen molar-refractivity contribution >= 4 is 0 Å². The van der Waals surface area contributed by atoms with E-state index in [2.05, 4.69) is 5.10 Å². The first-order chi connectivity index (χ1) is 5.92. The third kappa shape index (κ3) is 1.05. The molecule has 1 aromatic rings. The molecule has 0 spiro atoms. The summed E-state index contributed by atoms with van der Waals surface area (Å²) in [7, 11) is 0. The Hall–Kier alpha value is -0.830. The molecule has 1 saturated carbocycles. The average Bonchev–Trinajstić information content (AvgIpc) is 2.55. The van der Waals surface area contributed by atoms with Gasteiger partial charge in [0.2, 0.25) is 0 Å². The summed E-state index contributed by atoms with van der Waals surface area (Å²) in [6.07, 6.45) is 7.56. The van der Waals surface area contributed by atoms with Crippen molar-refractivity contribution in [3.8, 4) is 0 Å². The first-order valence-electron chi connectivity index (χ1n) is 4.55. The fraction of sp³-hybridized carbons (Fsp3) is 0.667. The zero-order valence-corrected chi connectivity index (χ0v) is 6.89. The van der Waals surface area contributed by atoms with E-state index in [0.717, 1.165) is 12.5 Å². The number of nitrogens with zero attached hydrogens (tertiary/aromatic N) is 2. The molecule has 2 aliphatic rings. The third-order valence-electron chi connectivity index (χ3n) is 2.82. The molecule has 2 fully saturated rings. The number of fused-ring (bicyclic) bond motifs is 1. The van der Waals surface area contributed by atoms with Gasteiger partial charge in [0.25, 0.3) is 0 Å². The summed E-state index contributed by atoms with van der Waals surface area (Å²) in [4.78, 5) is 0. The Morgan fingerprint density at radius 2 is 2.25 bits per heavy atom. The van der Waals surface area contributed by atoms with E-state index in [1.807, 2.05) is 23.1 Å². The van der Waals surface area contributed by atoms with Crippen LogP contribution in [-0.2, 0) is 11.3 Å². The molecule has 2 heterocycles. The summed E-state index contributed by atoms with van der Waals surface area (Å²) in [5.41, 5.74) is 0. The van der Waals surface area contributed by atoms with Crippen molar-refractivity contribution in [2.75, 3.05) is 0 Å². The number of rotatable bonds is 2. The van der Waals surface area contributed by atoms with E-state index in [1.165, 1.54) is 12.8 Å². The molecular weight excluding hydrogens is 152 g/mol. The lowest BCUT2D eigenvalue weighted by Gasteiger charge is -2.10. The summed E-state index contributed by atoms with van der Waals surface area (Å²) in [5, 5.41) is 4.20. The molecule has 2 atom stereocenters. The second-order valence-electron chi connectivity index (χ2n) is 3.78. The first-order valence-corrected chi connectivity index (χ1v) is 4.55. The number of aromatic nitrogens is 2. The lowest BCUT2D eigenvalue weighted by atomic mass is 10.1. The Balaban J connectivity index is 1.62. The topological polar surface area (TPSA) is 30.4 Å². The molecule has 0 N–H and O–H groups in total. The molecule has 0 amide bonds. The van der Waals surface area contributed by atoms with Gasteiger partial charge in [0.1, 0.15) is 0 Å². The van der Waals surface area contributed by atoms with Gasteiger partial charge in [-0.25, -0.2) is 0 Å². The van der Waals surface area contributed by atoms with Gasteiger partial charge in [-0.3, -0.25) is 4.68 Å². The van der Waals surface area contributed by atoms with Crippen molar-refractivity contribution in [3.05, 3.63) is 18.5 Å². The molecule has 1 aliphatic heterocycles. The highest BCUT2D eigenvalue weighted by Gasteiger charge is 2.47. The molecule has 0 bridgehead atoms. The van der Waals surface area contributed by atoms with Crippen LogP contribution in [0.4, 0.5) is 0 Å². The molecule has 3 rings (SSSR count). The highest BCUT2D eigenvalue weighted by molar-refractivity contribution is 4.95. The smallest absolute Gasteiger partial charge is 0.0845 e. The minimum atomic E-state index is 0.602. The van der Waals surface area contributed by atoms with Gasteiger partial charge in [0, 0.05) is 18.9 Å². The van der Waals surface area contributed by atoms with E-state index in [4.69, 9.17) is 4.74 Å². The molecule has 0 radical (unpaired) electrons. The summed E-state index contributed by atoms with van der Waals surface area (Å²) < 4.78 is 7.40. The van der Waals surface area contributed by atoms with E-state index in [9.17, 15) is 0 Å². The number of ether oxygens (including phenoxy) is 1. The lowest BCUT2D eigenvalue weighted by Crippen LogP contribution is -2.10. The van der Waals surface area contributed by atoms with Crippen molar-refractivity contribution in [2.45, 2.75) is 31.6 Å². The molecule has 2 unspecified atom stereocenters. The van der Waals surface area contributed by atoms with Crippen LogP contribution in [0.1, 0.15) is 12.8 Å². The Morgan fingerprint density at radius 1 is 1.42 bits per heavy atom. The highest BCUT2D eigenvalue weighted by atomic mass is 16.6. The Labute approximate surface area is 71.3 Å². The van der Waals surface area contributed by atoms with Crippen molar-refractivity contribution in [1.82, 2.24) is 9.78 Å². The van der Waals surface area contributed by atoms with E-state index in [-0.39, 0.29) is 0 Å². The summed E-state index contributed by atoms with van der Waals surface area (Å²) in [5.74, 6) is 0.800. The number of hydrogen-bond acceptors (Lipinski definition) is 2. The molecule has 64 valence electrons. The van der Waals surface area contributed by atoms with Crippen LogP contribution in [0, 0.1) is 5.92 Å². The van der Waals surface area contributed by atoms with E-state index in [1.54, 1.807) is 0 Å². The quantitative estimate of drug-likeness (QED) is 0.612. The number of epoxide rings is 1. The second-order valence-corrected chi connectivity index (χ2v) is 3.78. The van der Waals surface area contributed by atoms with Gasteiger partial charge in [0.15, 0.2) is 0 Å². The summed E-state index contributed by atoms with van der Waals surface area (Å²) >= 11 is 0. The molecule has 1 saturated heterocycles. The second kappa shape index (κ2) is 2.33. The molecule has 0 aromatic carbocycles. The predicted octanol–water partition coefficient (Wildman–Crippen LogP) is 1.06. The largest absolute Gasteiger partial charge is 0.370 e. The maximum Gasteiger partial charge on any atom is 0.0845 e. The van der Waals surface area contributed by atoms with Gasteiger partial charge in [-0.2, -0.15) is 5.10 Å². The van der Waals surface area contributed by atoms with Crippen LogP contribution in [0.25, 0.3) is 0 Å². The average molecular weight is 164 g/mol. The van der Waals surface area contributed by atoms with Gasteiger partial charge in [0.05, 0.1) is 12.2 Å². The molecule has 1 aromatic heterocycles. The standard InChI is InChI=1S/C9H12N2O/c1-2-10-11(3-1)6-7-4-8-9(5-7)12-8/h1-3,7-9H,4-6H2. The normalized spacial score (nSPS) is 38.2. The van der Waals surface area contributed by atoms with Crippen molar-refractivity contribution in [1.29, 1.82) is 0 Å². The van der Waals surface area contributed by atoms with Crippen molar-refractivity contribution in [2.24, 2.45) is 5.92 Å². The zero-order valence-electron chi connectivity index (χ0n) is 6.89. The zero-order chi connectivity index (χ0) is 7.97. The van der Waals surface area contributed by atoms with E-state index >= 15 is 0 Å². The van der Waals surface area contributed by atoms with Gasteiger partial charge in [-0.05, 0) is 24.8 Å². The van der Waals surface area contributed by atoms with Gasteiger partial charge >= 0.3 is 0 Å². The molecule has 12 heavy (non-hydrogen) atoms. The first kappa shape index (κ1) is 6.66. The minimum Gasteiger partial charge on any atom is -0.370 e. The molecular formula is C9H12N2O. The summed E-state index contributed by atoms with van der Waals surface area (Å²) in [6.45, 7) is 1.07. The monoisotopic (exact) mass is 164 g/mol. The fourth-order valence-electron chi connectivity index (χ4n) is 2.17. The van der Waals surface area contributed by atoms with Gasteiger partial charge < -0.3 is 4.74 Å². The van der Waals surface area contributed by atoms with E-state index < -0.39 is 0 Å². The Kier molecular flexibility index (Phi) is 1.29. The molecule has 1 aliphatic carbocycles. The van der Waals surface area contributed by atoms with Crippen LogP contribution < -0.4 is 0 Å². The highest BCUT2D eigenvalue weighted by Crippen LogP contribution is 2.42. The van der Waals surface area contributed by atoms with E-state index in [0.29, 0.717) is 12.2 Å². The maximum atomic E-state index is 5.37. The molecule has 3 nitrogen and oxygen atoms in total. The SMILES string of the molecule is c1cnn(CC2CC3OC3C2)c1. The van der Waals surface area contributed by atoms with Crippen LogP contribution in [0.15, 0.2) is 18.5 Å². The predicted molar refractivity (Wildman–Crippen MR) is 43.6 cm³/mol. The van der Waals surface area contributed by atoms with Crippen LogP contribution in [0.2, 0.25) is 0 Å². The van der Waals surface area contributed by atoms with Crippen LogP contribution >= 0.6 is 0 Å². The van der Waals surface area contributed by atoms with Crippen LogP contribution in [0.5, 0.6) is 0 Å². The Bertz CT molecular complexity index is 260. The third-order valence-corrected chi connectivity index (χ3v) is 2.82.